The molecule has 1 unspecified atom stereocenters. The molecule has 0 spiro atoms. The molecule has 1 aliphatic rings. The third kappa shape index (κ3) is 3.45. The molecule has 1 atom stereocenters. The first-order valence-electron chi connectivity index (χ1n) is 6.81. The van der Waals surface area contributed by atoms with Gasteiger partial charge in [0.15, 0.2) is 0 Å². The molecule has 1 saturated heterocycles. The van der Waals surface area contributed by atoms with Gasteiger partial charge in [-0.1, -0.05) is 27.7 Å². The van der Waals surface area contributed by atoms with E-state index in [1.165, 1.54) is 0 Å². The molecule has 0 aliphatic carbocycles. The minimum absolute atomic E-state index is 0.0491. The summed E-state index contributed by atoms with van der Waals surface area (Å²) in [5.41, 5.74) is -0.0491. The molecule has 106 valence electrons. The predicted octanol–water partition coefficient (Wildman–Crippen LogP) is 3.15. The smallest absolute Gasteiger partial charge is 0.137 e. The van der Waals surface area contributed by atoms with E-state index < -0.39 is 0 Å². The maximum absolute atomic E-state index is 5.56. The van der Waals surface area contributed by atoms with Crippen LogP contribution in [0.2, 0.25) is 0 Å². The second-order valence-corrected chi connectivity index (χ2v) is 6.77. The van der Waals surface area contributed by atoms with E-state index in [2.05, 4.69) is 53.5 Å². The van der Waals surface area contributed by atoms with Gasteiger partial charge in [-0.25, -0.2) is 9.97 Å². The van der Waals surface area contributed by atoms with E-state index in [9.17, 15) is 0 Å². The van der Waals surface area contributed by atoms with Crippen molar-refractivity contribution in [1.29, 1.82) is 0 Å². The van der Waals surface area contributed by atoms with Gasteiger partial charge in [-0.15, -0.1) is 0 Å². The van der Waals surface area contributed by atoms with Crippen LogP contribution >= 0.6 is 15.9 Å². The standard InChI is InChI=1S/C14H22BrN3O/c1-5-10-9-19-7-6-18(10)12-8-11(15)16-13(17-12)14(2,3)4/h8,10H,5-7,9H2,1-4H3. The van der Waals surface area contributed by atoms with Gasteiger partial charge in [0, 0.05) is 18.0 Å². The number of anilines is 1. The van der Waals surface area contributed by atoms with Crippen molar-refractivity contribution in [1.82, 2.24) is 9.97 Å². The molecular formula is C14H22BrN3O. The monoisotopic (exact) mass is 327 g/mol. The van der Waals surface area contributed by atoms with Crippen LogP contribution < -0.4 is 4.90 Å². The molecule has 1 aromatic rings. The van der Waals surface area contributed by atoms with Crippen LogP contribution in [0.5, 0.6) is 0 Å². The van der Waals surface area contributed by atoms with Crippen LogP contribution in [-0.2, 0) is 10.2 Å². The Balaban J connectivity index is 2.35. The Morgan fingerprint density at radius 1 is 1.42 bits per heavy atom. The van der Waals surface area contributed by atoms with Gasteiger partial charge in [0.1, 0.15) is 16.2 Å². The zero-order valence-corrected chi connectivity index (χ0v) is 13.7. The van der Waals surface area contributed by atoms with Crippen LogP contribution in [0.4, 0.5) is 5.82 Å². The molecule has 5 heteroatoms. The number of ether oxygens (including phenoxy) is 1. The normalized spacial score (nSPS) is 20.7. The number of aromatic nitrogens is 2. The summed E-state index contributed by atoms with van der Waals surface area (Å²) < 4.78 is 6.41. The summed E-state index contributed by atoms with van der Waals surface area (Å²) in [6.07, 6.45) is 1.06. The van der Waals surface area contributed by atoms with Gasteiger partial charge in [0.25, 0.3) is 0 Å². The largest absolute Gasteiger partial charge is 0.377 e. The first-order chi connectivity index (χ1) is 8.91. The lowest BCUT2D eigenvalue weighted by Gasteiger charge is -2.36. The van der Waals surface area contributed by atoms with Crippen molar-refractivity contribution in [3.05, 3.63) is 16.5 Å². The Labute approximate surface area is 123 Å². The van der Waals surface area contributed by atoms with Gasteiger partial charge in [-0.2, -0.15) is 0 Å². The third-order valence-corrected chi connectivity index (χ3v) is 3.75. The Bertz CT molecular complexity index is 445. The van der Waals surface area contributed by atoms with E-state index in [0.29, 0.717) is 6.04 Å². The molecule has 1 aliphatic heterocycles. The number of hydrogen-bond donors (Lipinski definition) is 0. The highest BCUT2D eigenvalue weighted by Gasteiger charge is 2.25. The van der Waals surface area contributed by atoms with E-state index in [1.807, 2.05) is 6.07 Å². The molecule has 0 aromatic carbocycles. The summed E-state index contributed by atoms with van der Waals surface area (Å²) in [5.74, 6) is 1.88. The summed E-state index contributed by atoms with van der Waals surface area (Å²) >= 11 is 3.50. The molecule has 19 heavy (non-hydrogen) atoms. The van der Waals surface area contributed by atoms with Crippen LogP contribution in [0.25, 0.3) is 0 Å². The molecule has 0 N–H and O–H groups in total. The SMILES string of the molecule is CCC1COCCN1c1cc(Br)nc(C(C)(C)C)n1. The number of rotatable bonds is 2. The zero-order chi connectivity index (χ0) is 14.0. The van der Waals surface area contributed by atoms with Gasteiger partial charge >= 0.3 is 0 Å². The first kappa shape index (κ1) is 14.7. The lowest BCUT2D eigenvalue weighted by atomic mass is 9.96. The third-order valence-electron chi connectivity index (χ3n) is 3.35. The topological polar surface area (TPSA) is 38.2 Å². The number of hydrogen-bond acceptors (Lipinski definition) is 4. The summed E-state index contributed by atoms with van der Waals surface area (Å²) in [4.78, 5) is 11.6. The number of morpholine rings is 1. The second-order valence-electron chi connectivity index (χ2n) is 5.95. The van der Waals surface area contributed by atoms with Crippen molar-refractivity contribution < 1.29 is 4.74 Å². The number of nitrogens with zero attached hydrogens (tertiary/aromatic N) is 3. The molecular weight excluding hydrogens is 306 g/mol. The van der Waals surface area contributed by atoms with Gasteiger partial charge in [-0.05, 0) is 22.4 Å². The van der Waals surface area contributed by atoms with Gasteiger partial charge in [-0.3, -0.25) is 0 Å². The van der Waals surface area contributed by atoms with Crippen LogP contribution in [0.1, 0.15) is 39.9 Å². The average Bonchev–Trinajstić information content (AvgIpc) is 2.37. The summed E-state index contributed by atoms with van der Waals surface area (Å²) in [5, 5.41) is 0. The predicted molar refractivity (Wildman–Crippen MR) is 80.7 cm³/mol. The van der Waals surface area contributed by atoms with Crippen LogP contribution in [0.3, 0.4) is 0 Å². The van der Waals surface area contributed by atoms with Crippen molar-refractivity contribution in [3.8, 4) is 0 Å². The molecule has 0 radical (unpaired) electrons. The van der Waals surface area contributed by atoms with Crippen LogP contribution in [0, 0.1) is 0 Å². The van der Waals surface area contributed by atoms with Gasteiger partial charge < -0.3 is 9.64 Å². The highest BCUT2D eigenvalue weighted by atomic mass is 79.9. The lowest BCUT2D eigenvalue weighted by molar-refractivity contribution is 0.0925. The van der Waals surface area contributed by atoms with Gasteiger partial charge in [0.2, 0.25) is 0 Å². The second kappa shape index (κ2) is 5.75. The van der Waals surface area contributed by atoms with Crippen LogP contribution in [0.15, 0.2) is 10.7 Å². The maximum Gasteiger partial charge on any atom is 0.137 e. The van der Waals surface area contributed by atoms with Crippen molar-refractivity contribution in [2.45, 2.75) is 45.6 Å². The highest BCUT2D eigenvalue weighted by molar-refractivity contribution is 9.10. The zero-order valence-electron chi connectivity index (χ0n) is 12.1. The maximum atomic E-state index is 5.56. The first-order valence-corrected chi connectivity index (χ1v) is 7.60. The molecule has 0 bridgehead atoms. The van der Waals surface area contributed by atoms with E-state index in [0.717, 1.165) is 42.4 Å². The van der Waals surface area contributed by atoms with E-state index in [1.54, 1.807) is 0 Å². The van der Waals surface area contributed by atoms with Gasteiger partial charge in [0.05, 0.1) is 19.3 Å². The lowest BCUT2D eigenvalue weighted by Crippen LogP contribution is -2.45. The number of halogens is 1. The minimum atomic E-state index is -0.0491. The van der Waals surface area contributed by atoms with E-state index in [4.69, 9.17) is 9.72 Å². The fourth-order valence-corrected chi connectivity index (χ4v) is 2.56. The summed E-state index contributed by atoms with van der Waals surface area (Å²) in [7, 11) is 0. The quantitative estimate of drug-likeness (QED) is 0.782. The minimum Gasteiger partial charge on any atom is -0.377 e. The molecule has 0 saturated carbocycles. The molecule has 1 fully saturated rings. The molecule has 2 heterocycles. The van der Waals surface area contributed by atoms with Crippen molar-refractivity contribution in [3.63, 3.8) is 0 Å². The summed E-state index contributed by atoms with van der Waals surface area (Å²) in [6.45, 7) is 11.0. The molecule has 2 rings (SSSR count). The van der Waals surface area contributed by atoms with E-state index in [-0.39, 0.29) is 5.41 Å². The Kier molecular flexibility index (Phi) is 4.46. The van der Waals surface area contributed by atoms with Crippen LogP contribution in [-0.4, -0.2) is 35.8 Å². The average molecular weight is 328 g/mol. The van der Waals surface area contributed by atoms with Crippen molar-refractivity contribution in [2.24, 2.45) is 0 Å². The summed E-state index contributed by atoms with van der Waals surface area (Å²) in [6, 6.07) is 2.41. The van der Waals surface area contributed by atoms with Crippen molar-refractivity contribution in [2.75, 3.05) is 24.7 Å². The molecule has 4 nitrogen and oxygen atoms in total. The highest BCUT2D eigenvalue weighted by Crippen LogP contribution is 2.26. The molecule has 1 aromatic heterocycles. The van der Waals surface area contributed by atoms with E-state index >= 15 is 0 Å². The fraction of sp³-hybridized carbons (Fsp3) is 0.714. The Morgan fingerprint density at radius 2 is 2.16 bits per heavy atom. The Hall–Kier alpha value is -0.680. The van der Waals surface area contributed by atoms with Crippen molar-refractivity contribution >= 4 is 21.7 Å². The fourth-order valence-electron chi connectivity index (χ4n) is 2.18. The molecule has 0 amide bonds. The Morgan fingerprint density at radius 3 is 2.79 bits per heavy atom.